The van der Waals surface area contributed by atoms with Gasteiger partial charge in [0.1, 0.15) is 5.82 Å². The molecular formula is C12H12N2O2. The number of nitrogens with zero attached hydrogens (tertiary/aromatic N) is 2. The first-order valence-corrected chi connectivity index (χ1v) is 5.39. The SMILES string of the molecule is Cc1cccn2c(C3CC3)nc(C(=O)O)c12. The van der Waals surface area contributed by atoms with Gasteiger partial charge >= 0.3 is 5.97 Å². The lowest BCUT2D eigenvalue weighted by Gasteiger charge is -2.00. The van der Waals surface area contributed by atoms with Gasteiger partial charge in [0.15, 0.2) is 5.69 Å². The molecule has 16 heavy (non-hydrogen) atoms. The van der Waals surface area contributed by atoms with Crippen molar-refractivity contribution in [3.05, 3.63) is 35.4 Å². The quantitative estimate of drug-likeness (QED) is 0.837. The predicted molar refractivity (Wildman–Crippen MR) is 58.9 cm³/mol. The van der Waals surface area contributed by atoms with E-state index in [4.69, 9.17) is 5.11 Å². The van der Waals surface area contributed by atoms with Crippen LogP contribution in [-0.2, 0) is 0 Å². The lowest BCUT2D eigenvalue weighted by Crippen LogP contribution is -1.98. The summed E-state index contributed by atoms with van der Waals surface area (Å²) < 4.78 is 1.93. The van der Waals surface area contributed by atoms with Gasteiger partial charge in [-0.25, -0.2) is 9.78 Å². The highest BCUT2D eigenvalue weighted by molar-refractivity contribution is 5.94. The van der Waals surface area contributed by atoms with Gasteiger partial charge in [0.25, 0.3) is 0 Å². The number of fused-ring (bicyclic) bond motifs is 1. The molecule has 2 aromatic heterocycles. The van der Waals surface area contributed by atoms with Crippen LogP contribution in [0.2, 0.25) is 0 Å². The zero-order valence-electron chi connectivity index (χ0n) is 8.97. The summed E-state index contributed by atoms with van der Waals surface area (Å²) in [4.78, 5) is 15.4. The normalized spacial score (nSPS) is 15.6. The number of aryl methyl sites for hydroxylation is 1. The number of aromatic nitrogens is 2. The maximum atomic E-state index is 11.1. The Kier molecular flexibility index (Phi) is 1.80. The van der Waals surface area contributed by atoms with Crippen LogP contribution in [0.4, 0.5) is 0 Å². The molecule has 1 N–H and O–H groups in total. The molecule has 1 saturated carbocycles. The van der Waals surface area contributed by atoms with Crippen molar-refractivity contribution in [2.75, 3.05) is 0 Å². The van der Waals surface area contributed by atoms with E-state index >= 15 is 0 Å². The topological polar surface area (TPSA) is 54.6 Å². The fraction of sp³-hybridized carbons (Fsp3) is 0.333. The Balaban J connectivity index is 2.37. The fourth-order valence-corrected chi connectivity index (χ4v) is 2.11. The molecule has 0 amide bonds. The number of carbonyl (C=O) groups is 1. The van der Waals surface area contributed by atoms with E-state index in [9.17, 15) is 4.79 Å². The van der Waals surface area contributed by atoms with Gasteiger partial charge in [-0.3, -0.25) is 0 Å². The molecule has 0 saturated heterocycles. The van der Waals surface area contributed by atoms with E-state index in [1.54, 1.807) is 0 Å². The molecule has 0 spiro atoms. The van der Waals surface area contributed by atoms with Crippen molar-refractivity contribution in [1.82, 2.24) is 9.38 Å². The smallest absolute Gasteiger partial charge is 0.356 e. The summed E-state index contributed by atoms with van der Waals surface area (Å²) in [6.45, 7) is 1.92. The molecule has 2 aromatic rings. The standard InChI is InChI=1S/C12H12N2O2/c1-7-3-2-6-14-10(7)9(12(15)16)13-11(14)8-4-5-8/h2-3,6,8H,4-5H2,1H3,(H,15,16). The largest absolute Gasteiger partial charge is 0.476 e. The highest BCUT2D eigenvalue weighted by Crippen LogP contribution is 2.40. The zero-order chi connectivity index (χ0) is 11.3. The van der Waals surface area contributed by atoms with Gasteiger partial charge in [-0.2, -0.15) is 0 Å². The van der Waals surface area contributed by atoms with E-state index < -0.39 is 5.97 Å². The van der Waals surface area contributed by atoms with Gasteiger partial charge in [-0.05, 0) is 31.4 Å². The van der Waals surface area contributed by atoms with Crippen molar-refractivity contribution < 1.29 is 9.90 Å². The van der Waals surface area contributed by atoms with Crippen LogP contribution < -0.4 is 0 Å². The van der Waals surface area contributed by atoms with Crippen molar-refractivity contribution in [3.8, 4) is 0 Å². The summed E-state index contributed by atoms with van der Waals surface area (Å²) in [6, 6.07) is 3.85. The molecule has 4 heteroatoms. The summed E-state index contributed by atoms with van der Waals surface area (Å²) in [5.74, 6) is 0.400. The van der Waals surface area contributed by atoms with Crippen LogP contribution in [0.15, 0.2) is 18.3 Å². The molecule has 0 atom stereocenters. The van der Waals surface area contributed by atoms with Crippen LogP contribution in [-0.4, -0.2) is 20.5 Å². The third-order valence-electron chi connectivity index (χ3n) is 3.04. The predicted octanol–water partition coefficient (Wildman–Crippen LogP) is 2.22. The maximum absolute atomic E-state index is 11.1. The average molecular weight is 216 g/mol. The van der Waals surface area contributed by atoms with E-state index in [0.29, 0.717) is 5.92 Å². The molecule has 1 aliphatic carbocycles. The monoisotopic (exact) mass is 216 g/mol. The van der Waals surface area contributed by atoms with E-state index in [-0.39, 0.29) is 5.69 Å². The molecule has 1 fully saturated rings. The number of aromatic carboxylic acids is 1. The van der Waals surface area contributed by atoms with E-state index in [1.807, 2.05) is 29.7 Å². The Bertz CT molecular complexity index is 582. The molecule has 0 bridgehead atoms. The lowest BCUT2D eigenvalue weighted by molar-refractivity contribution is 0.0693. The number of hydrogen-bond donors (Lipinski definition) is 1. The number of hydrogen-bond acceptors (Lipinski definition) is 2. The second-order valence-corrected chi connectivity index (χ2v) is 4.31. The van der Waals surface area contributed by atoms with Gasteiger partial charge in [0, 0.05) is 12.1 Å². The minimum Gasteiger partial charge on any atom is -0.476 e. The molecular weight excluding hydrogens is 204 g/mol. The minimum atomic E-state index is -0.946. The number of carboxylic acids is 1. The van der Waals surface area contributed by atoms with Crippen molar-refractivity contribution in [2.45, 2.75) is 25.7 Å². The fourth-order valence-electron chi connectivity index (χ4n) is 2.11. The Morgan fingerprint density at radius 3 is 2.94 bits per heavy atom. The molecule has 0 unspecified atom stereocenters. The van der Waals surface area contributed by atoms with Crippen LogP contribution in [0.3, 0.4) is 0 Å². The molecule has 3 rings (SSSR count). The third kappa shape index (κ3) is 1.23. The van der Waals surface area contributed by atoms with E-state index in [1.165, 1.54) is 0 Å². The highest BCUT2D eigenvalue weighted by atomic mass is 16.4. The Labute approximate surface area is 92.5 Å². The van der Waals surface area contributed by atoms with Gasteiger partial charge < -0.3 is 9.51 Å². The molecule has 1 aliphatic rings. The van der Waals surface area contributed by atoms with Gasteiger partial charge in [0.2, 0.25) is 0 Å². The Morgan fingerprint density at radius 2 is 2.31 bits per heavy atom. The first-order valence-electron chi connectivity index (χ1n) is 5.39. The van der Waals surface area contributed by atoms with E-state index in [2.05, 4.69) is 4.98 Å². The van der Waals surface area contributed by atoms with Crippen molar-refractivity contribution in [3.63, 3.8) is 0 Å². The molecule has 0 radical (unpaired) electrons. The van der Waals surface area contributed by atoms with Crippen molar-refractivity contribution in [1.29, 1.82) is 0 Å². The maximum Gasteiger partial charge on any atom is 0.356 e. The molecule has 4 nitrogen and oxygen atoms in total. The zero-order valence-corrected chi connectivity index (χ0v) is 8.97. The van der Waals surface area contributed by atoms with Gasteiger partial charge in [-0.15, -0.1) is 0 Å². The van der Waals surface area contributed by atoms with Crippen LogP contribution >= 0.6 is 0 Å². The minimum absolute atomic E-state index is 0.181. The number of pyridine rings is 1. The summed E-state index contributed by atoms with van der Waals surface area (Å²) >= 11 is 0. The summed E-state index contributed by atoms with van der Waals surface area (Å²) in [7, 11) is 0. The van der Waals surface area contributed by atoms with E-state index in [0.717, 1.165) is 29.7 Å². The van der Waals surface area contributed by atoms with Gasteiger partial charge in [-0.1, -0.05) is 6.07 Å². The lowest BCUT2D eigenvalue weighted by atomic mass is 10.2. The van der Waals surface area contributed by atoms with Crippen LogP contribution in [0.1, 0.15) is 40.6 Å². The first kappa shape index (κ1) is 9.39. The average Bonchev–Trinajstić information content (AvgIpc) is 2.99. The summed E-state index contributed by atoms with van der Waals surface area (Å²) in [6.07, 6.45) is 4.13. The first-order chi connectivity index (χ1) is 7.68. The number of imidazole rings is 1. The van der Waals surface area contributed by atoms with Crippen LogP contribution in [0.25, 0.3) is 5.52 Å². The summed E-state index contributed by atoms with van der Waals surface area (Å²) in [5, 5.41) is 9.15. The number of carboxylic acid groups (broad SMARTS) is 1. The number of rotatable bonds is 2. The molecule has 2 heterocycles. The highest BCUT2D eigenvalue weighted by Gasteiger charge is 2.30. The van der Waals surface area contributed by atoms with Crippen molar-refractivity contribution >= 4 is 11.5 Å². The second-order valence-electron chi connectivity index (χ2n) is 4.31. The molecule has 82 valence electrons. The molecule has 0 aliphatic heterocycles. The van der Waals surface area contributed by atoms with Gasteiger partial charge in [0.05, 0.1) is 5.52 Å². The Morgan fingerprint density at radius 1 is 1.56 bits per heavy atom. The second kappa shape index (κ2) is 3.07. The third-order valence-corrected chi connectivity index (χ3v) is 3.04. The van der Waals surface area contributed by atoms with Crippen LogP contribution in [0, 0.1) is 6.92 Å². The Hall–Kier alpha value is -1.84. The summed E-state index contributed by atoms with van der Waals surface area (Å²) in [5.41, 5.74) is 1.87. The molecule has 0 aromatic carbocycles. The van der Waals surface area contributed by atoms with Crippen LogP contribution in [0.5, 0.6) is 0 Å². The van der Waals surface area contributed by atoms with Crippen molar-refractivity contribution in [2.24, 2.45) is 0 Å².